The fourth-order valence-electron chi connectivity index (χ4n) is 1.89. The zero-order valence-corrected chi connectivity index (χ0v) is 12.2. The van der Waals surface area contributed by atoms with Gasteiger partial charge < -0.3 is 9.84 Å². The van der Waals surface area contributed by atoms with Crippen LogP contribution >= 0.6 is 15.9 Å². The van der Waals surface area contributed by atoms with E-state index in [1.54, 1.807) is 19.2 Å². The third-order valence-corrected chi connectivity index (χ3v) is 3.85. The van der Waals surface area contributed by atoms with E-state index in [-0.39, 0.29) is 5.82 Å². The number of halogens is 2. The number of ether oxygens (including phenoxy) is 1. The van der Waals surface area contributed by atoms with Crippen LogP contribution in [0.25, 0.3) is 0 Å². The van der Waals surface area contributed by atoms with Crippen molar-refractivity contribution < 1.29 is 14.2 Å². The molecule has 0 bridgehead atoms. The molecule has 0 radical (unpaired) electrons. The molecule has 2 rings (SSSR count). The highest BCUT2D eigenvalue weighted by Gasteiger charge is 2.17. The summed E-state index contributed by atoms with van der Waals surface area (Å²) in [6, 6.07) is 9.46. The lowest BCUT2D eigenvalue weighted by atomic mass is 9.99. The molecular weight excluding hydrogens is 311 g/mol. The van der Waals surface area contributed by atoms with Crippen molar-refractivity contribution >= 4 is 15.9 Å². The molecule has 0 saturated heterocycles. The summed E-state index contributed by atoms with van der Waals surface area (Å²) in [5.74, 6) is 0.283. The van der Waals surface area contributed by atoms with Crippen LogP contribution < -0.4 is 4.74 Å². The van der Waals surface area contributed by atoms with Gasteiger partial charge >= 0.3 is 0 Å². The van der Waals surface area contributed by atoms with Crippen molar-refractivity contribution in [2.75, 3.05) is 7.11 Å². The molecule has 4 heteroatoms. The van der Waals surface area contributed by atoms with E-state index in [2.05, 4.69) is 15.9 Å². The zero-order valence-electron chi connectivity index (χ0n) is 10.7. The number of benzene rings is 2. The molecule has 0 fully saturated rings. The quantitative estimate of drug-likeness (QED) is 0.925. The molecule has 2 nitrogen and oxygen atoms in total. The lowest BCUT2D eigenvalue weighted by Gasteiger charge is -2.16. The molecule has 0 spiro atoms. The molecule has 0 amide bonds. The van der Waals surface area contributed by atoms with Crippen molar-refractivity contribution in [3.05, 3.63) is 63.4 Å². The third kappa shape index (κ3) is 2.96. The van der Waals surface area contributed by atoms with E-state index < -0.39 is 6.10 Å². The van der Waals surface area contributed by atoms with Crippen LogP contribution in [0.4, 0.5) is 4.39 Å². The van der Waals surface area contributed by atoms with E-state index >= 15 is 0 Å². The Balaban J connectivity index is 2.45. The predicted octanol–water partition coefficient (Wildman–Crippen LogP) is 3.99. The topological polar surface area (TPSA) is 29.5 Å². The maximum absolute atomic E-state index is 12.9. The van der Waals surface area contributed by atoms with Crippen LogP contribution in [-0.4, -0.2) is 12.2 Å². The first-order chi connectivity index (χ1) is 9.02. The molecule has 0 aliphatic carbocycles. The Bertz CT molecular complexity index is 581. The summed E-state index contributed by atoms with van der Waals surface area (Å²) in [5, 5.41) is 10.4. The van der Waals surface area contributed by atoms with E-state index in [0.29, 0.717) is 16.9 Å². The average Bonchev–Trinajstić information content (AvgIpc) is 2.41. The van der Waals surface area contributed by atoms with Gasteiger partial charge in [-0.15, -0.1) is 0 Å². The second-order valence-corrected chi connectivity index (χ2v) is 5.15. The molecule has 1 N–H and O–H groups in total. The summed E-state index contributed by atoms with van der Waals surface area (Å²) >= 11 is 3.44. The fourth-order valence-corrected chi connectivity index (χ4v) is 2.25. The maximum Gasteiger partial charge on any atom is 0.125 e. The summed E-state index contributed by atoms with van der Waals surface area (Å²) < 4.78 is 19.1. The highest BCUT2D eigenvalue weighted by atomic mass is 79.9. The minimum atomic E-state index is -0.854. The largest absolute Gasteiger partial charge is 0.496 e. The van der Waals surface area contributed by atoms with Gasteiger partial charge in [-0.3, -0.25) is 0 Å². The van der Waals surface area contributed by atoms with E-state index in [0.717, 1.165) is 10.0 Å². The average molecular weight is 325 g/mol. The Hall–Kier alpha value is -1.39. The SMILES string of the molecule is COc1cc(C)c(Br)cc1C(O)c1ccc(F)cc1. The molecule has 1 atom stereocenters. The van der Waals surface area contributed by atoms with Crippen LogP contribution in [0.15, 0.2) is 40.9 Å². The second kappa shape index (κ2) is 5.72. The highest BCUT2D eigenvalue weighted by Crippen LogP contribution is 2.34. The summed E-state index contributed by atoms with van der Waals surface area (Å²) in [7, 11) is 1.56. The summed E-state index contributed by atoms with van der Waals surface area (Å²) in [6.45, 7) is 1.95. The molecule has 2 aromatic carbocycles. The molecule has 100 valence electrons. The van der Waals surface area contributed by atoms with Gasteiger partial charge in [0.1, 0.15) is 17.7 Å². The number of aryl methyl sites for hydroxylation is 1. The van der Waals surface area contributed by atoms with Gasteiger partial charge in [0.2, 0.25) is 0 Å². The minimum Gasteiger partial charge on any atom is -0.496 e. The Morgan fingerprint density at radius 2 is 1.84 bits per heavy atom. The van der Waals surface area contributed by atoms with Gasteiger partial charge in [0, 0.05) is 10.0 Å². The van der Waals surface area contributed by atoms with Gasteiger partial charge in [0.15, 0.2) is 0 Å². The van der Waals surface area contributed by atoms with Crippen molar-refractivity contribution in [1.29, 1.82) is 0 Å². The van der Waals surface area contributed by atoms with E-state index in [1.165, 1.54) is 12.1 Å². The van der Waals surface area contributed by atoms with Crippen molar-refractivity contribution in [1.82, 2.24) is 0 Å². The zero-order chi connectivity index (χ0) is 14.0. The Kier molecular flexibility index (Phi) is 4.22. The van der Waals surface area contributed by atoms with Crippen LogP contribution in [0.2, 0.25) is 0 Å². The van der Waals surface area contributed by atoms with Crippen LogP contribution in [0.1, 0.15) is 22.8 Å². The number of aliphatic hydroxyl groups excluding tert-OH is 1. The smallest absolute Gasteiger partial charge is 0.125 e. The van der Waals surface area contributed by atoms with Crippen LogP contribution in [0.5, 0.6) is 5.75 Å². The first kappa shape index (κ1) is 14.0. The van der Waals surface area contributed by atoms with Gasteiger partial charge in [-0.05, 0) is 42.3 Å². The molecule has 19 heavy (non-hydrogen) atoms. The number of methoxy groups -OCH3 is 1. The van der Waals surface area contributed by atoms with Crippen LogP contribution in [-0.2, 0) is 0 Å². The van der Waals surface area contributed by atoms with Gasteiger partial charge in [0.25, 0.3) is 0 Å². The second-order valence-electron chi connectivity index (χ2n) is 4.30. The van der Waals surface area contributed by atoms with E-state index in [9.17, 15) is 9.50 Å². The van der Waals surface area contributed by atoms with Gasteiger partial charge in [-0.1, -0.05) is 28.1 Å². The molecule has 0 aliphatic rings. The van der Waals surface area contributed by atoms with Crippen molar-refractivity contribution in [2.24, 2.45) is 0 Å². The van der Waals surface area contributed by atoms with Crippen molar-refractivity contribution in [3.63, 3.8) is 0 Å². The van der Waals surface area contributed by atoms with Gasteiger partial charge in [-0.2, -0.15) is 0 Å². The number of hydrogen-bond donors (Lipinski definition) is 1. The molecule has 0 saturated carbocycles. The molecule has 1 unspecified atom stereocenters. The number of hydrogen-bond acceptors (Lipinski definition) is 2. The lowest BCUT2D eigenvalue weighted by Crippen LogP contribution is -2.03. The number of rotatable bonds is 3. The summed E-state index contributed by atoms with van der Waals surface area (Å²) in [5.41, 5.74) is 2.29. The Morgan fingerprint density at radius 3 is 2.42 bits per heavy atom. The highest BCUT2D eigenvalue weighted by molar-refractivity contribution is 9.10. The molecular formula is C15H14BrFO2. The monoisotopic (exact) mass is 324 g/mol. The molecule has 0 heterocycles. The van der Waals surface area contributed by atoms with E-state index in [4.69, 9.17) is 4.74 Å². The van der Waals surface area contributed by atoms with Crippen molar-refractivity contribution in [2.45, 2.75) is 13.0 Å². The predicted molar refractivity (Wildman–Crippen MR) is 75.9 cm³/mol. The fraction of sp³-hybridized carbons (Fsp3) is 0.200. The third-order valence-electron chi connectivity index (χ3n) is 2.99. The molecule has 2 aromatic rings. The lowest BCUT2D eigenvalue weighted by molar-refractivity contribution is 0.214. The van der Waals surface area contributed by atoms with Crippen molar-refractivity contribution in [3.8, 4) is 5.75 Å². The van der Waals surface area contributed by atoms with E-state index in [1.807, 2.05) is 19.1 Å². The van der Waals surface area contributed by atoms with Gasteiger partial charge in [-0.25, -0.2) is 4.39 Å². The Morgan fingerprint density at radius 1 is 1.21 bits per heavy atom. The standard InChI is InChI=1S/C15H14BrFO2/c1-9-7-14(19-2)12(8-13(9)16)15(18)10-3-5-11(17)6-4-10/h3-8,15,18H,1-2H3. The van der Waals surface area contributed by atoms with Gasteiger partial charge in [0.05, 0.1) is 7.11 Å². The maximum atomic E-state index is 12.9. The first-order valence-corrected chi connectivity index (χ1v) is 6.59. The minimum absolute atomic E-state index is 0.326. The Labute approximate surface area is 120 Å². The molecule has 0 aliphatic heterocycles. The summed E-state index contributed by atoms with van der Waals surface area (Å²) in [6.07, 6.45) is -0.854. The first-order valence-electron chi connectivity index (χ1n) is 5.80. The number of aliphatic hydroxyl groups is 1. The summed E-state index contributed by atoms with van der Waals surface area (Å²) in [4.78, 5) is 0. The molecule has 0 aromatic heterocycles. The van der Waals surface area contributed by atoms with Crippen LogP contribution in [0, 0.1) is 12.7 Å². The van der Waals surface area contributed by atoms with Crippen LogP contribution in [0.3, 0.4) is 0 Å². The normalized spacial score (nSPS) is 12.3.